The van der Waals surface area contributed by atoms with Gasteiger partial charge in [-0.05, 0) is 0 Å². The SMILES string of the molecule is C#CC(CN(C[Se]c1ccccc1)C(=O)OC(C)(C)C)O[Si](C(C)(C)C)C(C)(C)C. The molecule has 0 fully saturated rings. The molecule has 0 saturated heterocycles. The van der Waals surface area contributed by atoms with E-state index >= 15 is 0 Å². The summed E-state index contributed by atoms with van der Waals surface area (Å²) in [6, 6.07) is 10.2. The van der Waals surface area contributed by atoms with Crippen LogP contribution in [-0.2, 0) is 9.16 Å². The molecule has 1 atom stereocenters. The third-order valence-electron chi connectivity index (χ3n) is 3.98. The molecule has 167 valence electrons. The number of nitrogens with zero attached hydrogens (tertiary/aromatic N) is 1. The molecule has 4 nitrogen and oxygen atoms in total. The van der Waals surface area contributed by atoms with Gasteiger partial charge in [0.15, 0.2) is 0 Å². The average Bonchev–Trinajstić information content (AvgIpc) is 2.58. The van der Waals surface area contributed by atoms with Crippen LogP contribution >= 0.6 is 0 Å². The summed E-state index contributed by atoms with van der Waals surface area (Å²) in [5.74, 6) is 2.78. The van der Waals surface area contributed by atoms with E-state index in [1.54, 1.807) is 4.90 Å². The Bertz CT molecular complexity index is 697. The molecule has 0 N–H and O–H groups in total. The number of terminal acetylenes is 1. The van der Waals surface area contributed by atoms with Crippen molar-refractivity contribution in [1.29, 1.82) is 0 Å². The van der Waals surface area contributed by atoms with Crippen molar-refractivity contribution >= 4 is 34.6 Å². The summed E-state index contributed by atoms with van der Waals surface area (Å²) in [5.41, 5.74) is 0.0218. The number of carbonyl (C=O) groups is 1. The minimum atomic E-state index is -1.27. The van der Waals surface area contributed by atoms with E-state index in [0.717, 1.165) is 0 Å². The van der Waals surface area contributed by atoms with Gasteiger partial charge in [0.25, 0.3) is 0 Å². The summed E-state index contributed by atoms with van der Waals surface area (Å²) < 4.78 is 13.4. The molecule has 0 aliphatic heterocycles. The van der Waals surface area contributed by atoms with Crippen LogP contribution in [0, 0.1) is 12.3 Å². The van der Waals surface area contributed by atoms with E-state index in [9.17, 15) is 4.79 Å². The first kappa shape index (κ1) is 26.8. The van der Waals surface area contributed by atoms with Gasteiger partial charge in [-0.3, -0.25) is 0 Å². The molecule has 1 unspecified atom stereocenters. The molecule has 0 bridgehead atoms. The average molecular weight is 496 g/mol. The summed E-state index contributed by atoms with van der Waals surface area (Å²) in [6.07, 6.45) is 5.05. The van der Waals surface area contributed by atoms with Gasteiger partial charge in [-0.1, -0.05) is 0 Å². The van der Waals surface area contributed by atoms with Crippen molar-refractivity contribution in [2.24, 2.45) is 0 Å². The van der Waals surface area contributed by atoms with Gasteiger partial charge in [-0.2, -0.15) is 0 Å². The van der Waals surface area contributed by atoms with E-state index in [4.69, 9.17) is 15.6 Å². The number of rotatable bonds is 7. The Morgan fingerprint density at radius 3 is 2.03 bits per heavy atom. The number of carbonyl (C=O) groups excluding carboxylic acids is 1. The molecule has 0 aromatic heterocycles. The zero-order chi connectivity index (χ0) is 23.2. The van der Waals surface area contributed by atoms with Crippen molar-refractivity contribution in [3.05, 3.63) is 30.3 Å². The summed E-state index contributed by atoms with van der Waals surface area (Å²) in [4.78, 5) is 14.6. The number of hydrogen-bond donors (Lipinski definition) is 0. The number of benzene rings is 1. The zero-order valence-corrected chi connectivity index (χ0v) is 22.7. The Kier molecular flexibility index (Phi) is 9.70. The van der Waals surface area contributed by atoms with Gasteiger partial charge in [0.05, 0.1) is 0 Å². The van der Waals surface area contributed by atoms with Crippen molar-refractivity contribution < 1.29 is 14.0 Å². The summed E-state index contributed by atoms with van der Waals surface area (Å²) in [5, 5.41) is 0.0332. The molecule has 0 aliphatic rings. The van der Waals surface area contributed by atoms with E-state index < -0.39 is 20.7 Å². The van der Waals surface area contributed by atoms with Gasteiger partial charge < -0.3 is 0 Å². The molecule has 0 heterocycles. The minimum absolute atomic E-state index is 0.0166. The number of amides is 1. The van der Waals surface area contributed by atoms with Crippen LogP contribution in [0.1, 0.15) is 62.3 Å². The van der Waals surface area contributed by atoms with Crippen LogP contribution in [0.5, 0.6) is 0 Å². The molecule has 0 spiro atoms. The monoisotopic (exact) mass is 496 g/mol. The Labute approximate surface area is 192 Å². The second-order valence-corrected chi connectivity index (χ2v) is 16.4. The second-order valence-electron chi connectivity index (χ2n) is 10.4. The fourth-order valence-electron chi connectivity index (χ4n) is 3.12. The van der Waals surface area contributed by atoms with Crippen molar-refractivity contribution in [1.82, 2.24) is 4.90 Å². The normalized spacial score (nSPS) is 13.6. The van der Waals surface area contributed by atoms with Crippen molar-refractivity contribution in [3.63, 3.8) is 0 Å². The standard InChI is InChI=1S/C24H38NO3SeSi/c1-11-19(28-30(23(5,6)7)24(8,9)10)17-25(21(26)27-22(2,3)4)18-29-20-15-13-12-14-16-20/h1,12-16,19H,17-18H2,2-10H3. The molecular weight excluding hydrogens is 457 g/mol. The van der Waals surface area contributed by atoms with Crippen molar-refractivity contribution in [3.8, 4) is 12.3 Å². The first-order valence-electron chi connectivity index (χ1n) is 10.3. The molecule has 1 amide bonds. The Morgan fingerprint density at radius 2 is 1.60 bits per heavy atom. The van der Waals surface area contributed by atoms with Crippen LogP contribution in [0.2, 0.25) is 10.1 Å². The Morgan fingerprint density at radius 1 is 1.07 bits per heavy atom. The van der Waals surface area contributed by atoms with Crippen LogP contribution < -0.4 is 4.46 Å². The molecule has 1 aromatic rings. The Hall–Kier alpha value is -1.25. The van der Waals surface area contributed by atoms with Crippen molar-refractivity contribution in [2.45, 2.75) is 84.1 Å². The van der Waals surface area contributed by atoms with Gasteiger partial charge in [0.2, 0.25) is 0 Å². The molecule has 1 aromatic carbocycles. The van der Waals surface area contributed by atoms with Crippen LogP contribution in [0.25, 0.3) is 0 Å². The molecular formula is C24H38NO3SeSi. The van der Waals surface area contributed by atoms with Gasteiger partial charge in [-0.15, -0.1) is 0 Å². The van der Waals surface area contributed by atoms with Crippen LogP contribution in [0.4, 0.5) is 4.79 Å². The van der Waals surface area contributed by atoms with Gasteiger partial charge in [-0.25, -0.2) is 0 Å². The predicted molar refractivity (Wildman–Crippen MR) is 129 cm³/mol. The molecule has 1 rings (SSSR count). The zero-order valence-electron chi connectivity index (χ0n) is 20.0. The van der Waals surface area contributed by atoms with E-state index in [-0.39, 0.29) is 31.1 Å². The van der Waals surface area contributed by atoms with E-state index in [2.05, 4.69) is 59.6 Å². The Balaban J connectivity index is 3.00. The summed E-state index contributed by atoms with van der Waals surface area (Å²) in [7, 11) is -1.27. The van der Waals surface area contributed by atoms with E-state index in [1.165, 1.54) is 4.46 Å². The fraction of sp³-hybridized carbons (Fsp3) is 0.625. The summed E-state index contributed by atoms with van der Waals surface area (Å²) in [6.45, 7) is 19.2. The van der Waals surface area contributed by atoms with Gasteiger partial charge in [0, 0.05) is 0 Å². The van der Waals surface area contributed by atoms with Gasteiger partial charge in [0.1, 0.15) is 0 Å². The van der Waals surface area contributed by atoms with Crippen molar-refractivity contribution in [2.75, 3.05) is 12.0 Å². The predicted octanol–water partition coefficient (Wildman–Crippen LogP) is 4.82. The third-order valence-corrected chi connectivity index (χ3v) is 9.42. The molecule has 6 heteroatoms. The molecule has 0 saturated carbocycles. The number of ether oxygens (including phenoxy) is 1. The van der Waals surface area contributed by atoms with Crippen LogP contribution in [0.15, 0.2) is 30.3 Å². The van der Waals surface area contributed by atoms with E-state index in [1.807, 2.05) is 39.0 Å². The summed E-state index contributed by atoms with van der Waals surface area (Å²) >= 11 is 0.0964. The first-order chi connectivity index (χ1) is 13.6. The topological polar surface area (TPSA) is 38.8 Å². The van der Waals surface area contributed by atoms with Crippen LogP contribution in [-0.4, -0.2) is 58.7 Å². The second kappa shape index (κ2) is 10.9. The quantitative estimate of drug-likeness (QED) is 0.402. The van der Waals surface area contributed by atoms with E-state index in [0.29, 0.717) is 12.0 Å². The maximum absolute atomic E-state index is 12.9. The van der Waals surface area contributed by atoms with Gasteiger partial charge >= 0.3 is 192 Å². The molecule has 1 radical (unpaired) electrons. The fourth-order valence-corrected chi connectivity index (χ4v) is 8.32. The number of hydrogen-bond acceptors (Lipinski definition) is 3. The maximum atomic E-state index is 12.9. The third kappa shape index (κ3) is 9.70. The first-order valence-corrected chi connectivity index (χ1v) is 13.8. The molecule has 0 aliphatic carbocycles. The van der Waals surface area contributed by atoms with Crippen LogP contribution in [0.3, 0.4) is 0 Å². The molecule has 30 heavy (non-hydrogen) atoms.